The fourth-order valence-electron chi connectivity index (χ4n) is 4.12. The molecule has 1 amide bonds. The second-order valence-corrected chi connectivity index (χ2v) is 7.92. The van der Waals surface area contributed by atoms with Gasteiger partial charge in [-0.1, -0.05) is 42.5 Å². The Labute approximate surface area is 160 Å². The minimum Gasteiger partial charge on any atom is -0.366 e. The molecule has 0 radical (unpaired) electrons. The maximum Gasteiger partial charge on any atom is 0.244 e. The zero-order valence-corrected chi connectivity index (χ0v) is 16.1. The summed E-state index contributed by atoms with van der Waals surface area (Å²) in [4.78, 5) is 14.7. The minimum atomic E-state index is -0.0895. The molecule has 0 aliphatic carbocycles. The fourth-order valence-corrected chi connectivity index (χ4v) is 4.12. The van der Waals surface area contributed by atoms with E-state index in [1.165, 1.54) is 5.39 Å². The number of carbonyl (C=O) groups excluding carboxylic acids is 1. The number of carbonyl (C=O) groups is 1. The highest BCUT2D eigenvalue weighted by atomic mass is 16.5. The number of ether oxygens (including phenoxy) is 1. The van der Waals surface area contributed by atoms with Crippen LogP contribution in [0.15, 0.2) is 47.6 Å². The first kappa shape index (κ1) is 18.1. The van der Waals surface area contributed by atoms with E-state index in [4.69, 9.17) is 4.74 Å². The Morgan fingerprint density at radius 1 is 1.22 bits per heavy atom. The number of amides is 1. The number of hydrazone groups is 1. The van der Waals surface area contributed by atoms with Crippen molar-refractivity contribution in [1.29, 1.82) is 0 Å². The number of rotatable bonds is 3. The number of nitrogens with one attached hydrogen (secondary N) is 1. The van der Waals surface area contributed by atoms with Crippen molar-refractivity contribution < 1.29 is 9.53 Å². The Balaban J connectivity index is 1.37. The van der Waals surface area contributed by atoms with Crippen molar-refractivity contribution in [3.63, 3.8) is 0 Å². The average Bonchev–Trinajstić information content (AvgIpc) is 2.98. The highest BCUT2D eigenvalue weighted by Gasteiger charge is 2.44. The number of likely N-dealkylation sites (tertiary alicyclic amines) is 1. The van der Waals surface area contributed by atoms with Crippen LogP contribution in [0, 0.1) is 0 Å². The normalized spacial score (nSPS) is 23.9. The number of nitrogens with zero attached hydrogens (tertiary/aromatic N) is 2. The van der Waals surface area contributed by atoms with Crippen LogP contribution in [0.25, 0.3) is 10.8 Å². The molecule has 5 nitrogen and oxygen atoms in total. The van der Waals surface area contributed by atoms with Gasteiger partial charge in [0.25, 0.3) is 0 Å². The quantitative estimate of drug-likeness (QED) is 0.851. The number of hydrogen-bond acceptors (Lipinski definition) is 4. The monoisotopic (exact) mass is 365 g/mol. The Morgan fingerprint density at radius 2 is 1.96 bits per heavy atom. The Morgan fingerprint density at radius 3 is 2.74 bits per heavy atom. The van der Waals surface area contributed by atoms with Gasteiger partial charge in [0.05, 0.1) is 23.8 Å². The predicted octanol–water partition coefficient (Wildman–Crippen LogP) is 3.13. The maximum absolute atomic E-state index is 12.4. The summed E-state index contributed by atoms with van der Waals surface area (Å²) in [5, 5.41) is 6.74. The molecule has 2 aromatic rings. The largest absolute Gasteiger partial charge is 0.366 e. The molecule has 2 fully saturated rings. The van der Waals surface area contributed by atoms with Gasteiger partial charge in [0.15, 0.2) is 0 Å². The van der Waals surface area contributed by atoms with Gasteiger partial charge >= 0.3 is 0 Å². The molecule has 0 bridgehead atoms. The summed E-state index contributed by atoms with van der Waals surface area (Å²) in [6.07, 6.45) is 3.16. The molecule has 2 aliphatic rings. The van der Waals surface area contributed by atoms with Crippen LogP contribution in [-0.2, 0) is 16.0 Å². The molecule has 27 heavy (non-hydrogen) atoms. The summed E-state index contributed by atoms with van der Waals surface area (Å²) < 4.78 is 6.24. The van der Waals surface area contributed by atoms with E-state index in [1.54, 1.807) is 0 Å². The smallest absolute Gasteiger partial charge is 0.244 e. The van der Waals surface area contributed by atoms with Crippen molar-refractivity contribution in [1.82, 2.24) is 10.3 Å². The molecule has 0 aromatic heterocycles. The second-order valence-electron chi connectivity index (χ2n) is 7.92. The van der Waals surface area contributed by atoms with Crippen LogP contribution >= 0.6 is 0 Å². The van der Waals surface area contributed by atoms with Gasteiger partial charge in [0, 0.05) is 19.5 Å². The molecule has 5 heteroatoms. The summed E-state index contributed by atoms with van der Waals surface area (Å²) in [5.41, 5.74) is 4.60. The molecule has 2 aliphatic heterocycles. The molecule has 142 valence electrons. The lowest BCUT2D eigenvalue weighted by molar-refractivity contribution is -0.120. The predicted molar refractivity (Wildman–Crippen MR) is 108 cm³/mol. The number of piperidine rings is 1. The van der Waals surface area contributed by atoms with Crippen LogP contribution in [0.5, 0.6) is 0 Å². The Hall–Kier alpha value is -2.24. The first-order chi connectivity index (χ1) is 13.0. The highest BCUT2D eigenvalue weighted by Crippen LogP contribution is 2.37. The summed E-state index contributed by atoms with van der Waals surface area (Å²) in [7, 11) is 2.15. The van der Waals surface area contributed by atoms with Crippen molar-refractivity contribution in [2.75, 3.05) is 20.1 Å². The molecular weight excluding hydrogens is 338 g/mol. The zero-order valence-electron chi connectivity index (χ0n) is 16.1. The number of fused-ring (bicyclic) bond motifs is 1. The molecule has 1 spiro atoms. The van der Waals surface area contributed by atoms with Gasteiger partial charge < -0.3 is 9.64 Å². The molecule has 1 unspecified atom stereocenters. The van der Waals surface area contributed by atoms with E-state index in [0.29, 0.717) is 6.42 Å². The van der Waals surface area contributed by atoms with E-state index in [1.807, 2.05) is 25.1 Å². The van der Waals surface area contributed by atoms with Gasteiger partial charge in [-0.15, -0.1) is 0 Å². The lowest BCUT2D eigenvalue weighted by Gasteiger charge is -2.36. The van der Waals surface area contributed by atoms with Crippen molar-refractivity contribution in [3.05, 3.63) is 48.0 Å². The van der Waals surface area contributed by atoms with Gasteiger partial charge in [-0.05, 0) is 43.1 Å². The summed E-state index contributed by atoms with van der Waals surface area (Å²) in [5.74, 6) is -0.0886. The summed E-state index contributed by atoms with van der Waals surface area (Å²) in [6, 6.07) is 14.3. The zero-order chi connectivity index (χ0) is 18.9. The third-order valence-electron chi connectivity index (χ3n) is 5.80. The van der Waals surface area contributed by atoms with Gasteiger partial charge in [0.2, 0.25) is 5.91 Å². The lowest BCUT2D eigenvalue weighted by Crippen LogP contribution is -2.42. The van der Waals surface area contributed by atoms with Gasteiger partial charge in [-0.3, -0.25) is 4.79 Å². The first-order valence-corrected chi connectivity index (χ1v) is 9.72. The van der Waals surface area contributed by atoms with E-state index >= 15 is 0 Å². The third kappa shape index (κ3) is 4.04. The molecule has 1 atom stereocenters. The molecule has 2 saturated heterocycles. The lowest BCUT2D eigenvalue weighted by atomic mass is 9.88. The van der Waals surface area contributed by atoms with Crippen LogP contribution in [0.4, 0.5) is 0 Å². The van der Waals surface area contributed by atoms with Crippen LogP contribution < -0.4 is 5.43 Å². The Kier molecular flexibility index (Phi) is 4.98. The maximum atomic E-state index is 12.4. The topological polar surface area (TPSA) is 53.9 Å². The minimum absolute atomic E-state index is 0.0330. The van der Waals surface area contributed by atoms with Gasteiger partial charge in [0.1, 0.15) is 0 Å². The van der Waals surface area contributed by atoms with Gasteiger partial charge in [-0.2, -0.15) is 5.10 Å². The molecular formula is C22H27N3O2. The van der Waals surface area contributed by atoms with Crippen molar-refractivity contribution in [3.8, 4) is 0 Å². The van der Waals surface area contributed by atoms with E-state index in [9.17, 15) is 4.79 Å². The molecule has 4 rings (SSSR count). The van der Waals surface area contributed by atoms with E-state index in [-0.39, 0.29) is 17.6 Å². The average molecular weight is 365 g/mol. The van der Waals surface area contributed by atoms with Crippen LogP contribution in [0.3, 0.4) is 0 Å². The molecule has 2 aromatic carbocycles. The van der Waals surface area contributed by atoms with Crippen LogP contribution in [-0.4, -0.2) is 48.4 Å². The van der Waals surface area contributed by atoms with E-state index in [0.717, 1.165) is 49.0 Å². The molecule has 2 heterocycles. The molecule has 1 N–H and O–H groups in total. The third-order valence-corrected chi connectivity index (χ3v) is 5.80. The summed E-state index contributed by atoms with van der Waals surface area (Å²) >= 11 is 0. The number of hydrogen-bond donors (Lipinski definition) is 1. The summed E-state index contributed by atoms with van der Waals surface area (Å²) in [6.45, 7) is 4.13. The standard InChI is InChI=1S/C22H27N3O2/c1-16-20(15-22(27-16)9-11-25(2)12-10-22)23-24-21(26)14-17-7-8-18-5-3-4-6-19(18)13-17/h3-8,13,16H,9-12,14-15H2,1-2H3,(H,24,26)/b23-20+. The first-order valence-electron chi connectivity index (χ1n) is 9.72. The highest BCUT2D eigenvalue weighted by molar-refractivity contribution is 5.92. The Bertz CT molecular complexity index is 869. The fraction of sp³-hybridized carbons (Fsp3) is 0.455. The van der Waals surface area contributed by atoms with Crippen molar-refractivity contribution in [2.24, 2.45) is 5.10 Å². The number of benzene rings is 2. The van der Waals surface area contributed by atoms with Crippen LogP contribution in [0.1, 0.15) is 31.7 Å². The van der Waals surface area contributed by atoms with E-state index < -0.39 is 0 Å². The van der Waals surface area contributed by atoms with Crippen molar-refractivity contribution >= 4 is 22.4 Å². The van der Waals surface area contributed by atoms with Gasteiger partial charge in [-0.25, -0.2) is 5.43 Å². The van der Waals surface area contributed by atoms with Crippen molar-refractivity contribution in [2.45, 2.75) is 44.3 Å². The van der Waals surface area contributed by atoms with E-state index in [2.05, 4.69) is 46.7 Å². The SMILES string of the molecule is CC1OC2(CCN(C)CC2)C/C1=N\NC(=O)Cc1ccc2ccccc2c1. The molecule has 0 saturated carbocycles. The second kappa shape index (κ2) is 7.41. The van der Waals surface area contributed by atoms with Crippen LogP contribution in [0.2, 0.25) is 0 Å².